The van der Waals surface area contributed by atoms with E-state index in [9.17, 15) is 4.79 Å². The smallest absolute Gasteiger partial charge is 0.237 e. The number of hydrogen-bond donors (Lipinski definition) is 2. The molecule has 0 aliphatic carbocycles. The maximum atomic E-state index is 11.8. The van der Waals surface area contributed by atoms with Crippen molar-refractivity contribution in [3.8, 4) is 0 Å². The zero-order valence-corrected chi connectivity index (χ0v) is 13.9. The molecule has 0 rings (SSSR count). The molecule has 19 heavy (non-hydrogen) atoms. The van der Waals surface area contributed by atoms with E-state index in [-0.39, 0.29) is 11.9 Å². The highest BCUT2D eigenvalue weighted by Crippen LogP contribution is 2.20. The molecule has 3 N–H and O–H groups in total. The van der Waals surface area contributed by atoms with Gasteiger partial charge in [-0.1, -0.05) is 13.8 Å². The van der Waals surface area contributed by atoms with Gasteiger partial charge in [-0.15, -0.1) is 0 Å². The third kappa shape index (κ3) is 5.49. The quantitative estimate of drug-likeness (QED) is 0.710. The van der Waals surface area contributed by atoms with Crippen LogP contribution in [0.25, 0.3) is 0 Å². The molecule has 0 aromatic carbocycles. The van der Waals surface area contributed by atoms with Crippen molar-refractivity contribution >= 4 is 5.91 Å². The van der Waals surface area contributed by atoms with Gasteiger partial charge in [-0.3, -0.25) is 4.79 Å². The number of primary amides is 1. The molecule has 0 aromatic rings. The van der Waals surface area contributed by atoms with Crippen molar-refractivity contribution in [2.24, 2.45) is 11.7 Å². The fourth-order valence-electron chi connectivity index (χ4n) is 2.47. The number of carbonyl (C=O) groups excluding carboxylic acids is 1. The fourth-order valence-corrected chi connectivity index (χ4v) is 2.47. The average Bonchev–Trinajstić information content (AvgIpc) is 2.25. The summed E-state index contributed by atoms with van der Waals surface area (Å²) in [7, 11) is 2.12. The van der Waals surface area contributed by atoms with E-state index in [4.69, 9.17) is 5.73 Å². The summed E-state index contributed by atoms with van der Waals surface area (Å²) in [4.78, 5) is 14.1. The molecule has 114 valence electrons. The highest BCUT2D eigenvalue weighted by molar-refractivity contribution is 5.84. The molecule has 0 heterocycles. The minimum Gasteiger partial charge on any atom is -0.368 e. The molecule has 0 spiro atoms. The van der Waals surface area contributed by atoms with Crippen molar-refractivity contribution in [3.05, 3.63) is 0 Å². The van der Waals surface area contributed by atoms with E-state index < -0.39 is 5.54 Å². The Balaban J connectivity index is 4.81. The number of nitrogens with zero attached hydrogens (tertiary/aromatic N) is 1. The van der Waals surface area contributed by atoms with Crippen molar-refractivity contribution in [1.29, 1.82) is 0 Å². The lowest BCUT2D eigenvalue weighted by molar-refractivity contribution is -0.125. The van der Waals surface area contributed by atoms with Crippen molar-refractivity contribution in [3.63, 3.8) is 0 Å². The molecular weight excluding hydrogens is 238 g/mol. The number of amides is 1. The van der Waals surface area contributed by atoms with Gasteiger partial charge in [0.2, 0.25) is 5.91 Å². The van der Waals surface area contributed by atoms with E-state index >= 15 is 0 Å². The molecular formula is C15H33N3O. The van der Waals surface area contributed by atoms with Gasteiger partial charge >= 0.3 is 0 Å². The van der Waals surface area contributed by atoms with Crippen LogP contribution in [0.1, 0.15) is 54.9 Å². The number of carbonyl (C=O) groups is 1. The second-order valence-electron chi connectivity index (χ2n) is 6.70. The van der Waals surface area contributed by atoms with Crippen molar-refractivity contribution in [2.75, 3.05) is 7.05 Å². The van der Waals surface area contributed by atoms with E-state index in [2.05, 4.69) is 45.0 Å². The molecule has 0 saturated carbocycles. The van der Waals surface area contributed by atoms with Crippen LogP contribution in [0.5, 0.6) is 0 Å². The average molecular weight is 271 g/mol. The first-order valence-corrected chi connectivity index (χ1v) is 7.30. The Kier molecular flexibility index (Phi) is 7.01. The van der Waals surface area contributed by atoms with Crippen LogP contribution in [0, 0.1) is 5.92 Å². The summed E-state index contributed by atoms with van der Waals surface area (Å²) in [6, 6.07) is 1.00. The van der Waals surface area contributed by atoms with Gasteiger partial charge in [0.05, 0.1) is 5.54 Å². The van der Waals surface area contributed by atoms with E-state index in [1.165, 1.54) is 0 Å². The second-order valence-corrected chi connectivity index (χ2v) is 6.70. The van der Waals surface area contributed by atoms with E-state index in [1.807, 2.05) is 20.8 Å². The summed E-state index contributed by atoms with van der Waals surface area (Å²) in [6.45, 7) is 14.8. The second kappa shape index (κ2) is 7.25. The Labute approximate surface area is 119 Å². The fraction of sp³-hybridized carbons (Fsp3) is 0.933. The summed E-state index contributed by atoms with van der Waals surface area (Å²) in [5, 5.41) is 3.31. The largest absolute Gasteiger partial charge is 0.368 e. The van der Waals surface area contributed by atoms with Crippen molar-refractivity contribution < 1.29 is 4.79 Å². The van der Waals surface area contributed by atoms with Crippen LogP contribution < -0.4 is 11.1 Å². The van der Waals surface area contributed by atoms with Crippen LogP contribution in [0.3, 0.4) is 0 Å². The Morgan fingerprint density at radius 2 is 1.68 bits per heavy atom. The lowest BCUT2D eigenvalue weighted by Crippen LogP contribution is -2.58. The van der Waals surface area contributed by atoms with E-state index in [0.29, 0.717) is 24.4 Å². The van der Waals surface area contributed by atoms with Gasteiger partial charge in [-0.2, -0.15) is 0 Å². The standard InChI is InChI=1S/C15H33N3O/c1-10(2)13(6)18(8)12(5)9-15(7,14(16)19)17-11(3)4/h10-13,17H,9H2,1-8H3,(H2,16,19). The molecule has 0 fully saturated rings. The normalized spacial score (nSPS) is 18.7. The SMILES string of the molecule is CC(C)NC(C)(CC(C)N(C)C(C)C(C)C)C(N)=O. The highest BCUT2D eigenvalue weighted by atomic mass is 16.1. The molecule has 3 unspecified atom stereocenters. The molecule has 0 bridgehead atoms. The van der Waals surface area contributed by atoms with Crippen LogP contribution in [0.4, 0.5) is 0 Å². The van der Waals surface area contributed by atoms with Crippen LogP contribution >= 0.6 is 0 Å². The molecule has 0 aromatic heterocycles. The zero-order valence-electron chi connectivity index (χ0n) is 13.9. The highest BCUT2D eigenvalue weighted by Gasteiger charge is 2.35. The van der Waals surface area contributed by atoms with Crippen LogP contribution in [0.15, 0.2) is 0 Å². The van der Waals surface area contributed by atoms with Crippen LogP contribution in [-0.4, -0.2) is 41.5 Å². The number of rotatable bonds is 8. The van der Waals surface area contributed by atoms with Gasteiger partial charge in [-0.25, -0.2) is 0 Å². The lowest BCUT2D eigenvalue weighted by atomic mass is 9.90. The van der Waals surface area contributed by atoms with E-state index in [0.717, 1.165) is 0 Å². The summed E-state index contributed by atoms with van der Waals surface area (Å²) >= 11 is 0. The minimum atomic E-state index is -0.654. The summed E-state index contributed by atoms with van der Waals surface area (Å²) in [5.74, 6) is 0.309. The lowest BCUT2D eigenvalue weighted by Gasteiger charge is -2.39. The molecule has 0 aliphatic heterocycles. The van der Waals surface area contributed by atoms with Crippen molar-refractivity contribution in [1.82, 2.24) is 10.2 Å². The predicted octanol–water partition coefficient (Wildman–Crippen LogP) is 1.98. The maximum Gasteiger partial charge on any atom is 0.237 e. The van der Waals surface area contributed by atoms with E-state index in [1.54, 1.807) is 0 Å². The molecule has 4 heteroatoms. The Morgan fingerprint density at radius 3 is 2.00 bits per heavy atom. The zero-order chi connectivity index (χ0) is 15.4. The van der Waals surface area contributed by atoms with Crippen LogP contribution in [0.2, 0.25) is 0 Å². The Morgan fingerprint density at radius 1 is 1.21 bits per heavy atom. The number of nitrogens with one attached hydrogen (secondary N) is 1. The number of hydrogen-bond acceptors (Lipinski definition) is 3. The maximum absolute atomic E-state index is 11.8. The van der Waals surface area contributed by atoms with Gasteiger partial charge < -0.3 is 16.0 Å². The molecule has 4 nitrogen and oxygen atoms in total. The number of nitrogens with two attached hydrogens (primary N) is 1. The third-order valence-electron chi connectivity index (χ3n) is 4.16. The first kappa shape index (κ1) is 18.4. The van der Waals surface area contributed by atoms with Gasteiger partial charge in [-0.05, 0) is 54.0 Å². The Bertz CT molecular complexity index is 291. The van der Waals surface area contributed by atoms with Gasteiger partial charge in [0.15, 0.2) is 0 Å². The van der Waals surface area contributed by atoms with Gasteiger partial charge in [0.1, 0.15) is 0 Å². The summed E-state index contributed by atoms with van der Waals surface area (Å²) < 4.78 is 0. The summed E-state index contributed by atoms with van der Waals surface area (Å²) in [5.41, 5.74) is 4.93. The third-order valence-corrected chi connectivity index (χ3v) is 4.16. The van der Waals surface area contributed by atoms with Crippen molar-refractivity contribution in [2.45, 2.75) is 78.6 Å². The monoisotopic (exact) mass is 271 g/mol. The molecule has 0 aliphatic rings. The first-order chi connectivity index (χ1) is 8.51. The topological polar surface area (TPSA) is 58.4 Å². The van der Waals surface area contributed by atoms with Gasteiger partial charge in [0, 0.05) is 18.1 Å². The first-order valence-electron chi connectivity index (χ1n) is 7.30. The minimum absolute atomic E-state index is 0.234. The molecule has 1 amide bonds. The molecule has 0 radical (unpaired) electrons. The van der Waals surface area contributed by atoms with Crippen LogP contribution in [-0.2, 0) is 4.79 Å². The van der Waals surface area contributed by atoms with Gasteiger partial charge in [0.25, 0.3) is 0 Å². The predicted molar refractivity (Wildman–Crippen MR) is 82.0 cm³/mol. The Hall–Kier alpha value is -0.610. The summed E-state index contributed by atoms with van der Waals surface area (Å²) in [6.07, 6.45) is 0.716. The molecule has 0 saturated heterocycles. The molecule has 3 atom stereocenters.